The van der Waals surface area contributed by atoms with Gasteiger partial charge >= 0.3 is 0 Å². The van der Waals surface area contributed by atoms with E-state index in [1.807, 2.05) is 28.9 Å². The van der Waals surface area contributed by atoms with Gasteiger partial charge in [-0.05, 0) is 31.9 Å². The summed E-state index contributed by atoms with van der Waals surface area (Å²) < 4.78 is 7.63. The van der Waals surface area contributed by atoms with Gasteiger partial charge in [0.1, 0.15) is 11.4 Å². The molecule has 5 nitrogen and oxygen atoms in total. The minimum atomic E-state index is -0.0427. The second kappa shape index (κ2) is 8.54. The number of benzene rings is 1. The third-order valence-corrected chi connectivity index (χ3v) is 3.64. The number of nitrogens with zero attached hydrogens (tertiary/aromatic N) is 3. The van der Waals surface area contributed by atoms with Gasteiger partial charge in [-0.25, -0.2) is 4.68 Å². The van der Waals surface area contributed by atoms with E-state index in [1.165, 1.54) is 5.56 Å². The molecule has 1 aromatic carbocycles. The number of rotatable bonds is 9. The van der Waals surface area contributed by atoms with Gasteiger partial charge in [0, 0.05) is 13.0 Å². The molecule has 1 N–H and O–H groups in total. The molecule has 1 heterocycles. The van der Waals surface area contributed by atoms with Crippen LogP contribution in [0.5, 0.6) is 5.75 Å². The normalized spacial score (nSPS) is 10.9. The van der Waals surface area contributed by atoms with Crippen molar-refractivity contribution in [3.8, 4) is 5.75 Å². The van der Waals surface area contributed by atoms with Crippen LogP contribution in [0.25, 0.3) is 0 Å². The summed E-state index contributed by atoms with van der Waals surface area (Å²) in [5, 5.41) is 17.5. The highest BCUT2D eigenvalue weighted by atomic mass is 16.5. The molecule has 0 radical (unpaired) electrons. The lowest BCUT2D eigenvalue weighted by molar-refractivity contribution is 0.275. The molecule has 0 spiro atoms. The minimum Gasteiger partial charge on any atom is -0.494 e. The van der Waals surface area contributed by atoms with Gasteiger partial charge in [-0.15, -0.1) is 5.10 Å². The Bertz CT molecular complexity index is 564. The fourth-order valence-corrected chi connectivity index (χ4v) is 2.33. The summed E-state index contributed by atoms with van der Waals surface area (Å²) in [7, 11) is 0. The molecule has 22 heavy (non-hydrogen) atoms. The summed E-state index contributed by atoms with van der Waals surface area (Å²) in [6.07, 6.45) is 3.98. The standard InChI is InChI=1S/C17H25N3O2/c1-3-4-6-17-16(13-21)18-19-20(17)11-5-12-22-15-9-7-14(2)8-10-15/h7-10,21H,3-6,11-13H2,1-2H3. The number of hydrogen-bond acceptors (Lipinski definition) is 4. The first-order valence-electron chi connectivity index (χ1n) is 7.96. The van der Waals surface area contributed by atoms with Crippen molar-refractivity contribution >= 4 is 0 Å². The van der Waals surface area contributed by atoms with E-state index in [1.54, 1.807) is 0 Å². The Balaban J connectivity index is 1.83. The number of aliphatic hydroxyl groups is 1. The molecule has 0 saturated carbocycles. The molecule has 2 rings (SSSR count). The van der Waals surface area contributed by atoms with Gasteiger partial charge < -0.3 is 9.84 Å². The minimum absolute atomic E-state index is 0.0427. The van der Waals surface area contributed by atoms with Crippen LogP contribution >= 0.6 is 0 Å². The van der Waals surface area contributed by atoms with Crippen molar-refractivity contribution in [2.45, 2.75) is 52.7 Å². The maximum absolute atomic E-state index is 9.33. The van der Waals surface area contributed by atoms with Crippen LogP contribution in [0.1, 0.15) is 43.1 Å². The van der Waals surface area contributed by atoms with E-state index in [-0.39, 0.29) is 6.61 Å². The Labute approximate surface area is 131 Å². The van der Waals surface area contributed by atoms with Crippen molar-refractivity contribution in [3.63, 3.8) is 0 Å². The largest absolute Gasteiger partial charge is 0.494 e. The quantitative estimate of drug-likeness (QED) is 0.724. The van der Waals surface area contributed by atoms with E-state index in [2.05, 4.69) is 24.2 Å². The Morgan fingerprint density at radius 1 is 1.18 bits per heavy atom. The lowest BCUT2D eigenvalue weighted by Gasteiger charge is -2.09. The number of ether oxygens (including phenoxy) is 1. The van der Waals surface area contributed by atoms with Crippen molar-refractivity contribution < 1.29 is 9.84 Å². The summed E-state index contributed by atoms with van der Waals surface area (Å²) in [4.78, 5) is 0. The van der Waals surface area contributed by atoms with Crippen LogP contribution in [0.2, 0.25) is 0 Å². The first-order chi connectivity index (χ1) is 10.7. The number of aliphatic hydroxyl groups excluding tert-OH is 1. The topological polar surface area (TPSA) is 60.2 Å². The van der Waals surface area contributed by atoms with E-state index in [0.29, 0.717) is 12.3 Å². The van der Waals surface area contributed by atoms with Crippen molar-refractivity contribution in [2.75, 3.05) is 6.61 Å². The molecular formula is C17H25N3O2. The lowest BCUT2D eigenvalue weighted by atomic mass is 10.1. The van der Waals surface area contributed by atoms with E-state index < -0.39 is 0 Å². The predicted octanol–water partition coefficient (Wildman–Crippen LogP) is 2.89. The average Bonchev–Trinajstić information content (AvgIpc) is 2.93. The van der Waals surface area contributed by atoms with Crippen LogP contribution in [0, 0.1) is 6.92 Å². The molecule has 0 amide bonds. The Morgan fingerprint density at radius 2 is 1.95 bits per heavy atom. The van der Waals surface area contributed by atoms with Crippen LogP contribution in [-0.4, -0.2) is 26.7 Å². The smallest absolute Gasteiger partial charge is 0.119 e. The van der Waals surface area contributed by atoms with E-state index in [9.17, 15) is 5.11 Å². The summed E-state index contributed by atoms with van der Waals surface area (Å²) in [6, 6.07) is 8.06. The molecular weight excluding hydrogens is 278 g/mol. The Kier molecular flexibility index (Phi) is 6.40. The molecule has 0 aliphatic rings. The van der Waals surface area contributed by atoms with Crippen LogP contribution in [0.3, 0.4) is 0 Å². The molecule has 0 unspecified atom stereocenters. The van der Waals surface area contributed by atoms with Crippen molar-refractivity contribution in [2.24, 2.45) is 0 Å². The highest BCUT2D eigenvalue weighted by Crippen LogP contribution is 2.13. The van der Waals surface area contributed by atoms with Crippen molar-refractivity contribution in [1.29, 1.82) is 0 Å². The van der Waals surface area contributed by atoms with Gasteiger partial charge in [0.2, 0.25) is 0 Å². The Hall–Kier alpha value is -1.88. The van der Waals surface area contributed by atoms with Gasteiger partial charge in [0.25, 0.3) is 0 Å². The molecule has 0 saturated heterocycles. The summed E-state index contributed by atoms with van der Waals surface area (Å²) >= 11 is 0. The second-order valence-electron chi connectivity index (χ2n) is 5.48. The van der Waals surface area contributed by atoms with E-state index >= 15 is 0 Å². The fourth-order valence-electron chi connectivity index (χ4n) is 2.33. The zero-order chi connectivity index (χ0) is 15.8. The van der Waals surface area contributed by atoms with Crippen LogP contribution in [-0.2, 0) is 19.6 Å². The van der Waals surface area contributed by atoms with Crippen molar-refractivity contribution in [3.05, 3.63) is 41.2 Å². The highest BCUT2D eigenvalue weighted by Gasteiger charge is 2.11. The molecule has 0 aliphatic carbocycles. The van der Waals surface area contributed by atoms with E-state index in [0.717, 1.165) is 43.7 Å². The molecule has 2 aromatic rings. The third kappa shape index (κ3) is 4.56. The predicted molar refractivity (Wildman–Crippen MR) is 85.8 cm³/mol. The molecule has 120 valence electrons. The van der Waals surface area contributed by atoms with Gasteiger partial charge in [0.05, 0.1) is 18.9 Å². The van der Waals surface area contributed by atoms with Gasteiger partial charge in [-0.3, -0.25) is 0 Å². The zero-order valence-corrected chi connectivity index (χ0v) is 13.5. The molecule has 1 aromatic heterocycles. The maximum Gasteiger partial charge on any atom is 0.119 e. The number of hydrogen-bond donors (Lipinski definition) is 1. The molecule has 5 heteroatoms. The summed E-state index contributed by atoms with van der Waals surface area (Å²) in [6.45, 7) is 5.58. The number of unbranched alkanes of at least 4 members (excludes halogenated alkanes) is 1. The van der Waals surface area contributed by atoms with Crippen molar-refractivity contribution in [1.82, 2.24) is 15.0 Å². The maximum atomic E-state index is 9.33. The monoisotopic (exact) mass is 303 g/mol. The Morgan fingerprint density at radius 3 is 2.64 bits per heavy atom. The van der Waals surface area contributed by atoms with E-state index in [4.69, 9.17) is 4.74 Å². The fraction of sp³-hybridized carbons (Fsp3) is 0.529. The molecule has 0 aliphatic heterocycles. The average molecular weight is 303 g/mol. The van der Waals surface area contributed by atoms with Gasteiger partial charge in [-0.2, -0.15) is 0 Å². The highest BCUT2D eigenvalue weighted by molar-refractivity contribution is 5.26. The lowest BCUT2D eigenvalue weighted by Crippen LogP contribution is -2.10. The third-order valence-electron chi connectivity index (χ3n) is 3.64. The molecule has 0 fully saturated rings. The second-order valence-corrected chi connectivity index (χ2v) is 5.48. The first kappa shape index (κ1) is 16.5. The van der Waals surface area contributed by atoms with Gasteiger partial charge in [0.15, 0.2) is 0 Å². The number of aromatic nitrogens is 3. The summed E-state index contributed by atoms with van der Waals surface area (Å²) in [5.41, 5.74) is 2.99. The number of aryl methyl sites for hydroxylation is 2. The van der Waals surface area contributed by atoms with Crippen LogP contribution in [0.4, 0.5) is 0 Å². The van der Waals surface area contributed by atoms with Crippen LogP contribution in [0.15, 0.2) is 24.3 Å². The summed E-state index contributed by atoms with van der Waals surface area (Å²) in [5.74, 6) is 0.895. The molecule has 0 bridgehead atoms. The zero-order valence-electron chi connectivity index (χ0n) is 13.5. The SMILES string of the molecule is CCCCc1c(CO)nnn1CCCOc1ccc(C)cc1. The van der Waals surface area contributed by atoms with Crippen LogP contribution < -0.4 is 4.74 Å². The first-order valence-corrected chi connectivity index (χ1v) is 7.96. The molecule has 0 atom stereocenters. The van der Waals surface area contributed by atoms with Gasteiger partial charge in [-0.1, -0.05) is 36.3 Å².